The summed E-state index contributed by atoms with van der Waals surface area (Å²) >= 11 is 7.69. The second kappa shape index (κ2) is 5.05. The maximum absolute atomic E-state index is 12.4. The van der Waals surface area contributed by atoms with Crippen molar-refractivity contribution in [2.24, 2.45) is 5.41 Å². The number of fused-ring (bicyclic) bond motifs is 1. The van der Waals surface area contributed by atoms with E-state index >= 15 is 0 Å². The van der Waals surface area contributed by atoms with Crippen LogP contribution in [0, 0.1) is 5.41 Å². The van der Waals surface area contributed by atoms with Crippen molar-refractivity contribution in [3.63, 3.8) is 0 Å². The fourth-order valence-electron chi connectivity index (χ4n) is 1.75. The quantitative estimate of drug-likeness (QED) is 0.879. The largest absolute Gasteiger partial charge is 0.298 e. The van der Waals surface area contributed by atoms with Crippen molar-refractivity contribution in [1.29, 1.82) is 0 Å². The highest BCUT2D eigenvalue weighted by Gasteiger charge is 2.17. The summed E-state index contributed by atoms with van der Waals surface area (Å²) in [7, 11) is 0. The third-order valence-electron chi connectivity index (χ3n) is 2.81. The molecule has 0 aliphatic carbocycles. The molecule has 18 heavy (non-hydrogen) atoms. The molecule has 0 N–H and O–H groups in total. The molecule has 0 amide bonds. The van der Waals surface area contributed by atoms with Crippen LogP contribution in [-0.4, -0.2) is 15.3 Å². The van der Waals surface area contributed by atoms with Crippen molar-refractivity contribution < 1.29 is 0 Å². The first-order valence-corrected chi connectivity index (χ1v) is 7.11. The van der Waals surface area contributed by atoms with Crippen molar-refractivity contribution in [3.8, 4) is 0 Å². The van der Waals surface area contributed by atoms with Gasteiger partial charge < -0.3 is 0 Å². The first-order valence-electron chi connectivity index (χ1n) is 5.68. The molecule has 0 aliphatic rings. The van der Waals surface area contributed by atoms with E-state index in [2.05, 4.69) is 47.4 Å². The van der Waals surface area contributed by atoms with Crippen LogP contribution < -0.4 is 5.56 Å². The van der Waals surface area contributed by atoms with E-state index < -0.39 is 0 Å². The fraction of sp³-hybridized carbons (Fsp3) is 0.385. The van der Waals surface area contributed by atoms with Gasteiger partial charge in [-0.25, -0.2) is 4.98 Å². The van der Waals surface area contributed by atoms with Gasteiger partial charge in [0.25, 0.3) is 5.56 Å². The molecule has 1 aromatic carbocycles. The van der Waals surface area contributed by atoms with E-state index in [4.69, 9.17) is 0 Å². The zero-order chi connectivity index (χ0) is 13.3. The van der Waals surface area contributed by atoms with E-state index in [-0.39, 0.29) is 11.0 Å². The number of rotatable bonds is 3. The molecule has 96 valence electrons. The molecule has 0 unspecified atom stereocenters. The summed E-state index contributed by atoms with van der Waals surface area (Å²) in [5.41, 5.74) is 0.688. The lowest BCUT2D eigenvalue weighted by molar-refractivity contribution is 0.346. The van der Waals surface area contributed by atoms with Gasteiger partial charge in [0.05, 0.1) is 17.2 Å². The molecule has 2 aromatic rings. The van der Waals surface area contributed by atoms with Gasteiger partial charge in [-0.3, -0.25) is 9.36 Å². The lowest BCUT2D eigenvalue weighted by Gasteiger charge is -2.22. The first-order chi connectivity index (χ1) is 8.43. The number of thiol groups is 1. The zero-order valence-electron chi connectivity index (χ0n) is 10.4. The number of hydrogen-bond acceptors (Lipinski definition) is 3. The molecule has 0 saturated carbocycles. The Hall–Kier alpha value is -0.810. The van der Waals surface area contributed by atoms with Crippen LogP contribution >= 0.6 is 28.6 Å². The Kier molecular flexibility index (Phi) is 3.82. The average Bonchev–Trinajstić information content (AvgIpc) is 2.33. The summed E-state index contributed by atoms with van der Waals surface area (Å²) in [5.74, 6) is 0.718. The van der Waals surface area contributed by atoms with E-state index in [1.54, 1.807) is 10.9 Å². The van der Waals surface area contributed by atoms with Crippen molar-refractivity contribution in [3.05, 3.63) is 39.4 Å². The van der Waals surface area contributed by atoms with Crippen molar-refractivity contribution in [2.45, 2.75) is 20.4 Å². The average molecular weight is 327 g/mol. The van der Waals surface area contributed by atoms with E-state index in [9.17, 15) is 4.79 Å². The monoisotopic (exact) mass is 326 g/mol. The molecule has 0 atom stereocenters. The third-order valence-corrected chi connectivity index (χ3v) is 4.16. The number of nitrogens with zero attached hydrogens (tertiary/aromatic N) is 2. The second-order valence-corrected chi connectivity index (χ2v) is 6.39. The van der Waals surface area contributed by atoms with Crippen LogP contribution in [0.3, 0.4) is 0 Å². The van der Waals surface area contributed by atoms with Crippen LogP contribution in [0.15, 0.2) is 33.8 Å². The highest BCUT2D eigenvalue weighted by atomic mass is 79.9. The maximum atomic E-state index is 12.4. The van der Waals surface area contributed by atoms with E-state index in [1.807, 2.05) is 18.2 Å². The molecule has 0 saturated heterocycles. The highest BCUT2D eigenvalue weighted by molar-refractivity contribution is 9.10. The summed E-state index contributed by atoms with van der Waals surface area (Å²) in [5, 5.41) is 0.641. The Morgan fingerprint density at radius 3 is 2.83 bits per heavy atom. The lowest BCUT2D eigenvalue weighted by atomic mass is 9.96. The predicted octanol–water partition coefficient (Wildman–Crippen LogP) is 3.12. The maximum Gasteiger partial charge on any atom is 0.261 e. The van der Waals surface area contributed by atoms with Crippen LogP contribution in [0.2, 0.25) is 0 Å². The molecule has 0 radical (unpaired) electrons. The number of aromatic nitrogens is 2. The summed E-state index contributed by atoms with van der Waals surface area (Å²) in [6, 6.07) is 5.54. The Morgan fingerprint density at radius 2 is 2.17 bits per heavy atom. The number of hydrogen-bond donors (Lipinski definition) is 1. The molecule has 1 heterocycles. The summed E-state index contributed by atoms with van der Waals surface area (Å²) < 4.78 is 2.55. The minimum atomic E-state index is -0.0334. The molecular formula is C13H15BrN2OS. The molecule has 0 bridgehead atoms. The molecule has 3 nitrogen and oxygen atoms in total. The van der Waals surface area contributed by atoms with Gasteiger partial charge in [0.2, 0.25) is 0 Å². The van der Waals surface area contributed by atoms with E-state index in [1.165, 1.54) is 0 Å². The Balaban J connectivity index is 2.54. The molecule has 5 heteroatoms. The van der Waals surface area contributed by atoms with Crippen LogP contribution in [0.1, 0.15) is 13.8 Å². The van der Waals surface area contributed by atoms with Gasteiger partial charge in [0.15, 0.2) is 0 Å². The van der Waals surface area contributed by atoms with Crippen LogP contribution in [0.25, 0.3) is 10.9 Å². The minimum Gasteiger partial charge on any atom is -0.298 e. The highest BCUT2D eigenvalue weighted by Crippen LogP contribution is 2.19. The summed E-state index contributed by atoms with van der Waals surface area (Å²) in [6.45, 7) is 4.78. The van der Waals surface area contributed by atoms with Crippen LogP contribution in [0.4, 0.5) is 0 Å². The molecule has 1 aromatic heterocycles. The van der Waals surface area contributed by atoms with Crippen LogP contribution in [-0.2, 0) is 6.54 Å². The van der Waals surface area contributed by atoms with Gasteiger partial charge >= 0.3 is 0 Å². The van der Waals surface area contributed by atoms with E-state index in [0.717, 1.165) is 15.7 Å². The molecule has 2 rings (SSSR count). The number of halogens is 1. The normalized spacial score (nSPS) is 12.0. The first kappa shape index (κ1) is 13.6. The van der Waals surface area contributed by atoms with Gasteiger partial charge in [0, 0.05) is 11.0 Å². The second-order valence-electron chi connectivity index (χ2n) is 5.16. The lowest BCUT2D eigenvalue weighted by Crippen LogP contribution is -2.29. The summed E-state index contributed by atoms with van der Waals surface area (Å²) in [6.07, 6.45) is 1.61. The Morgan fingerprint density at radius 1 is 1.44 bits per heavy atom. The SMILES string of the molecule is CC(C)(CS)Cn1cnc2ccc(Br)cc2c1=O. The smallest absolute Gasteiger partial charge is 0.261 e. The van der Waals surface area contributed by atoms with Gasteiger partial charge in [-0.15, -0.1) is 0 Å². The third kappa shape index (κ3) is 2.78. The van der Waals surface area contributed by atoms with Crippen molar-refractivity contribution >= 4 is 39.5 Å². The van der Waals surface area contributed by atoms with Gasteiger partial charge in [-0.1, -0.05) is 29.8 Å². The summed E-state index contributed by atoms with van der Waals surface area (Å²) in [4.78, 5) is 16.7. The molecule has 0 spiro atoms. The van der Waals surface area contributed by atoms with Gasteiger partial charge in [-0.2, -0.15) is 12.6 Å². The van der Waals surface area contributed by atoms with Crippen molar-refractivity contribution in [2.75, 3.05) is 5.75 Å². The van der Waals surface area contributed by atoms with Crippen molar-refractivity contribution in [1.82, 2.24) is 9.55 Å². The van der Waals surface area contributed by atoms with Gasteiger partial charge in [0.1, 0.15) is 0 Å². The minimum absolute atomic E-state index is 0.00356. The fourth-order valence-corrected chi connectivity index (χ4v) is 2.22. The molecule has 0 aliphatic heterocycles. The number of benzene rings is 1. The predicted molar refractivity (Wildman–Crippen MR) is 81.3 cm³/mol. The van der Waals surface area contributed by atoms with Gasteiger partial charge in [-0.05, 0) is 29.4 Å². The Bertz CT molecular complexity index is 636. The Labute approximate surface area is 120 Å². The molecule has 0 fully saturated rings. The van der Waals surface area contributed by atoms with E-state index in [0.29, 0.717) is 11.9 Å². The molecular weight excluding hydrogens is 312 g/mol. The topological polar surface area (TPSA) is 34.9 Å². The van der Waals surface area contributed by atoms with Crippen LogP contribution in [0.5, 0.6) is 0 Å². The zero-order valence-corrected chi connectivity index (χ0v) is 12.8. The standard InChI is InChI=1S/C13H15BrN2OS/c1-13(2,7-18)6-16-8-15-11-4-3-9(14)5-10(11)12(16)17/h3-5,8,18H,6-7H2,1-2H3.